The molecule has 98 valence electrons. The van der Waals surface area contributed by atoms with Crippen molar-refractivity contribution in [1.29, 1.82) is 0 Å². The van der Waals surface area contributed by atoms with E-state index < -0.39 is 6.09 Å². The Morgan fingerprint density at radius 2 is 2.11 bits per heavy atom. The molecule has 0 aliphatic carbocycles. The van der Waals surface area contributed by atoms with Crippen molar-refractivity contribution in [3.63, 3.8) is 0 Å². The molecule has 2 rings (SSSR count). The number of carbonyl (C=O) groups is 1. The number of likely N-dealkylation sites (tertiary alicyclic amines) is 1. The Morgan fingerprint density at radius 1 is 1.39 bits per heavy atom. The van der Waals surface area contributed by atoms with Crippen LogP contribution in [0.5, 0.6) is 0 Å². The minimum absolute atomic E-state index is 0.0622. The van der Waals surface area contributed by atoms with Gasteiger partial charge in [-0.05, 0) is 37.3 Å². The molecule has 1 aliphatic heterocycles. The van der Waals surface area contributed by atoms with Gasteiger partial charge in [0.15, 0.2) is 0 Å². The Bertz CT molecular complexity index is 394. The number of carboxylic acid groups (broad SMARTS) is 1. The zero-order valence-corrected chi connectivity index (χ0v) is 10.5. The smallest absolute Gasteiger partial charge is 0.407 e. The summed E-state index contributed by atoms with van der Waals surface area (Å²) in [5, 5.41) is 9.24. The van der Waals surface area contributed by atoms with Gasteiger partial charge >= 0.3 is 6.09 Å². The number of nitrogens with zero attached hydrogens (tertiary/aromatic N) is 1. The molecule has 1 amide bonds. The maximum absolute atomic E-state index is 11.2. The minimum Gasteiger partial charge on any atom is -0.465 e. The molecule has 4 nitrogen and oxygen atoms in total. The van der Waals surface area contributed by atoms with Crippen molar-refractivity contribution in [3.8, 4) is 0 Å². The zero-order valence-electron chi connectivity index (χ0n) is 10.5. The number of nitrogens with two attached hydrogens (primary N) is 1. The van der Waals surface area contributed by atoms with Crippen LogP contribution in [0.15, 0.2) is 30.3 Å². The molecule has 2 unspecified atom stereocenters. The van der Waals surface area contributed by atoms with Crippen molar-refractivity contribution in [2.24, 2.45) is 11.7 Å². The fourth-order valence-electron chi connectivity index (χ4n) is 2.68. The molecule has 0 saturated carbocycles. The largest absolute Gasteiger partial charge is 0.465 e. The third-order valence-electron chi connectivity index (χ3n) is 3.72. The number of benzene rings is 1. The molecule has 1 saturated heterocycles. The summed E-state index contributed by atoms with van der Waals surface area (Å²) in [5.41, 5.74) is 6.90. The van der Waals surface area contributed by atoms with Gasteiger partial charge < -0.3 is 15.7 Å². The van der Waals surface area contributed by atoms with Gasteiger partial charge in [-0.1, -0.05) is 30.3 Å². The molecule has 1 aromatic rings. The summed E-state index contributed by atoms with van der Waals surface area (Å²) in [7, 11) is 0. The van der Waals surface area contributed by atoms with Gasteiger partial charge in [-0.2, -0.15) is 0 Å². The van der Waals surface area contributed by atoms with E-state index in [-0.39, 0.29) is 6.04 Å². The SMILES string of the molecule is NCC1CCN(C(=O)O)C(Cc2ccccc2)C1. The van der Waals surface area contributed by atoms with Gasteiger partial charge in [0.2, 0.25) is 0 Å². The van der Waals surface area contributed by atoms with Gasteiger partial charge in [0.25, 0.3) is 0 Å². The van der Waals surface area contributed by atoms with E-state index in [1.165, 1.54) is 5.56 Å². The van der Waals surface area contributed by atoms with Crippen LogP contribution in [0.25, 0.3) is 0 Å². The minimum atomic E-state index is -0.814. The van der Waals surface area contributed by atoms with Crippen molar-refractivity contribution < 1.29 is 9.90 Å². The molecule has 1 heterocycles. The molecule has 0 aromatic heterocycles. The van der Waals surface area contributed by atoms with E-state index in [0.29, 0.717) is 19.0 Å². The Balaban J connectivity index is 2.07. The highest BCUT2D eigenvalue weighted by Gasteiger charge is 2.30. The summed E-state index contributed by atoms with van der Waals surface area (Å²) in [6.45, 7) is 1.26. The van der Waals surface area contributed by atoms with Crippen molar-refractivity contribution in [2.75, 3.05) is 13.1 Å². The van der Waals surface area contributed by atoms with E-state index in [9.17, 15) is 9.90 Å². The fourth-order valence-corrected chi connectivity index (χ4v) is 2.68. The van der Waals surface area contributed by atoms with Crippen LogP contribution in [0.3, 0.4) is 0 Å². The standard InChI is InChI=1S/C14H20N2O2/c15-10-12-6-7-16(14(17)18)13(9-12)8-11-4-2-1-3-5-11/h1-5,12-13H,6-10,15H2,(H,17,18). The van der Waals surface area contributed by atoms with E-state index in [1.807, 2.05) is 30.3 Å². The second kappa shape index (κ2) is 5.87. The second-order valence-corrected chi connectivity index (χ2v) is 4.95. The van der Waals surface area contributed by atoms with E-state index in [1.54, 1.807) is 4.90 Å². The van der Waals surface area contributed by atoms with Gasteiger partial charge in [-0.15, -0.1) is 0 Å². The van der Waals surface area contributed by atoms with Crippen LogP contribution in [0.2, 0.25) is 0 Å². The lowest BCUT2D eigenvalue weighted by atomic mass is 9.88. The Morgan fingerprint density at radius 3 is 2.72 bits per heavy atom. The highest BCUT2D eigenvalue weighted by Crippen LogP contribution is 2.24. The molecule has 4 heteroatoms. The average molecular weight is 248 g/mol. The van der Waals surface area contributed by atoms with Crippen molar-refractivity contribution in [2.45, 2.75) is 25.3 Å². The summed E-state index contributed by atoms with van der Waals surface area (Å²) in [6.07, 6.45) is 1.72. The predicted molar refractivity (Wildman–Crippen MR) is 70.4 cm³/mol. The van der Waals surface area contributed by atoms with Crippen LogP contribution in [0.1, 0.15) is 18.4 Å². The lowest BCUT2D eigenvalue weighted by molar-refractivity contribution is 0.0910. The molecule has 1 aromatic carbocycles. The third-order valence-corrected chi connectivity index (χ3v) is 3.72. The van der Waals surface area contributed by atoms with Crippen molar-refractivity contribution in [1.82, 2.24) is 4.90 Å². The number of rotatable bonds is 3. The average Bonchev–Trinajstić information content (AvgIpc) is 2.39. The third kappa shape index (κ3) is 3.01. The zero-order chi connectivity index (χ0) is 13.0. The lowest BCUT2D eigenvalue weighted by Crippen LogP contribution is -2.47. The highest BCUT2D eigenvalue weighted by atomic mass is 16.4. The first-order valence-corrected chi connectivity index (χ1v) is 6.44. The normalized spacial score (nSPS) is 23.9. The maximum atomic E-state index is 11.2. The van der Waals surface area contributed by atoms with E-state index in [2.05, 4.69) is 0 Å². The van der Waals surface area contributed by atoms with E-state index >= 15 is 0 Å². The number of hydrogen-bond acceptors (Lipinski definition) is 2. The number of hydrogen-bond donors (Lipinski definition) is 2. The van der Waals surface area contributed by atoms with Crippen LogP contribution in [0.4, 0.5) is 4.79 Å². The lowest BCUT2D eigenvalue weighted by Gasteiger charge is -2.37. The quantitative estimate of drug-likeness (QED) is 0.859. The molecule has 0 bridgehead atoms. The first-order valence-electron chi connectivity index (χ1n) is 6.44. The fraction of sp³-hybridized carbons (Fsp3) is 0.500. The molecular weight excluding hydrogens is 228 g/mol. The monoisotopic (exact) mass is 248 g/mol. The molecule has 3 N–H and O–H groups in total. The Kier molecular flexibility index (Phi) is 4.20. The van der Waals surface area contributed by atoms with Crippen LogP contribution < -0.4 is 5.73 Å². The van der Waals surface area contributed by atoms with Crippen LogP contribution in [-0.2, 0) is 6.42 Å². The van der Waals surface area contributed by atoms with Crippen LogP contribution in [0, 0.1) is 5.92 Å². The van der Waals surface area contributed by atoms with Gasteiger partial charge in [0.05, 0.1) is 0 Å². The summed E-state index contributed by atoms with van der Waals surface area (Å²) in [4.78, 5) is 12.8. The maximum Gasteiger partial charge on any atom is 0.407 e. The van der Waals surface area contributed by atoms with E-state index in [4.69, 9.17) is 5.73 Å². The molecule has 1 aliphatic rings. The molecule has 2 atom stereocenters. The van der Waals surface area contributed by atoms with Gasteiger partial charge in [0.1, 0.15) is 0 Å². The Hall–Kier alpha value is -1.55. The molecule has 18 heavy (non-hydrogen) atoms. The predicted octanol–water partition coefficient (Wildman–Crippen LogP) is 1.95. The number of amides is 1. The molecule has 0 radical (unpaired) electrons. The molecule has 0 spiro atoms. The van der Waals surface area contributed by atoms with Gasteiger partial charge in [0, 0.05) is 12.6 Å². The van der Waals surface area contributed by atoms with Crippen LogP contribution in [-0.4, -0.2) is 35.2 Å². The van der Waals surface area contributed by atoms with Gasteiger partial charge in [-0.25, -0.2) is 4.79 Å². The summed E-state index contributed by atoms with van der Waals surface area (Å²) in [5.74, 6) is 0.453. The first-order chi connectivity index (χ1) is 8.70. The van der Waals surface area contributed by atoms with Crippen molar-refractivity contribution >= 4 is 6.09 Å². The van der Waals surface area contributed by atoms with E-state index in [0.717, 1.165) is 19.3 Å². The summed E-state index contributed by atoms with van der Waals surface area (Å²) < 4.78 is 0. The van der Waals surface area contributed by atoms with Gasteiger partial charge in [-0.3, -0.25) is 0 Å². The summed E-state index contributed by atoms with van der Waals surface area (Å²) in [6, 6.07) is 10.1. The second-order valence-electron chi connectivity index (χ2n) is 4.95. The van der Waals surface area contributed by atoms with Crippen LogP contribution >= 0.6 is 0 Å². The Labute approximate surface area is 107 Å². The first kappa shape index (κ1) is 12.9. The van der Waals surface area contributed by atoms with Crippen molar-refractivity contribution in [3.05, 3.63) is 35.9 Å². The summed E-state index contributed by atoms with van der Waals surface area (Å²) >= 11 is 0. The topological polar surface area (TPSA) is 66.6 Å². The number of piperidine rings is 1. The molecule has 1 fully saturated rings. The molecular formula is C14H20N2O2. The highest BCUT2D eigenvalue weighted by molar-refractivity contribution is 5.65.